The maximum Gasteiger partial charge on any atom is 0.306 e. The normalized spacial score (nSPS) is 19.5. The van der Waals surface area contributed by atoms with Crippen molar-refractivity contribution in [2.45, 2.75) is 32.2 Å². The van der Waals surface area contributed by atoms with Crippen LogP contribution in [0, 0.1) is 11.8 Å². The van der Waals surface area contributed by atoms with E-state index in [9.17, 15) is 9.59 Å². The SMILES string of the molecule is O=C(O)C1CCC(C(=O)NCc2ccc(Oc3ccccc3)cc2)CC1. The predicted molar refractivity (Wildman–Crippen MR) is 97.9 cm³/mol. The number of ether oxygens (including phenoxy) is 1. The maximum atomic E-state index is 12.3. The van der Waals surface area contributed by atoms with Crippen molar-refractivity contribution in [1.82, 2.24) is 5.32 Å². The van der Waals surface area contributed by atoms with Crippen molar-refractivity contribution in [3.63, 3.8) is 0 Å². The molecule has 0 aliphatic heterocycles. The van der Waals surface area contributed by atoms with Gasteiger partial charge >= 0.3 is 5.97 Å². The van der Waals surface area contributed by atoms with E-state index in [4.69, 9.17) is 9.84 Å². The molecule has 1 aliphatic rings. The van der Waals surface area contributed by atoms with Crippen molar-refractivity contribution in [1.29, 1.82) is 0 Å². The molecule has 1 aliphatic carbocycles. The number of para-hydroxylation sites is 1. The summed E-state index contributed by atoms with van der Waals surface area (Å²) in [5, 5.41) is 12.0. The number of rotatable bonds is 6. The first-order chi connectivity index (χ1) is 12.6. The van der Waals surface area contributed by atoms with E-state index in [1.54, 1.807) is 0 Å². The molecule has 2 aromatic rings. The standard InChI is InChI=1S/C21H23NO4/c23-20(16-8-10-17(11-9-16)21(24)25)22-14-15-6-12-19(13-7-15)26-18-4-2-1-3-5-18/h1-7,12-13,16-17H,8-11,14H2,(H,22,23)(H,24,25). The molecule has 0 aromatic heterocycles. The summed E-state index contributed by atoms with van der Waals surface area (Å²) in [4.78, 5) is 23.2. The van der Waals surface area contributed by atoms with Crippen LogP contribution in [0.15, 0.2) is 54.6 Å². The molecule has 1 fully saturated rings. The molecule has 0 saturated heterocycles. The minimum atomic E-state index is -0.748. The number of carboxylic acids is 1. The molecule has 5 nitrogen and oxygen atoms in total. The minimum absolute atomic E-state index is 0.0125. The lowest BCUT2D eigenvalue weighted by molar-refractivity contribution is -0.144. The number of carboxylic acid groups (broad SMARTS) is 1. The van der Waals surface area contributed by atoms with Gasteiger partial charge in [-0.15, -0.1) is 0 Å². The van der Waals surface area contributed by atoms with Gasteiger partial charge in [-0.3, -0.25) is 9.59 Å². The fourth-order valence-corrected chi connectivity index (χ4v) is 3.24. The van der Waals surface area contributed by atoms with Crippen LogP contribution in [-0.2, 0) is 16.1 Å². The maximum absolute atomic E-state index is 12.3. The lowest BCUT2D eigenvalue weighted by Gasteiger charge is -2.25. The first kappa shape index (κ1) is 18.0. The summed E-state index contributed by atoms with van der Waals surface area (Å²) in [6.45, 7) is 0.462. The van der Waals surface area contributed by atoms with Gasteiger partial charge in [-0.2, -0.15) is 0 Å². The molecule has 0 spiro atoms. The summed E-state index contributed by atoms with van der Waals surface area (Å²) in [5.74, 6) is 0.423. The van der Waals surface area contributed by atoms with Crippen LogP contribution in [0.2, 0.25) is 0 Å². The molecule has 5 heteroatoms. The third-order valence-electron chi connectivity index (χ3n) is 4.82. The van der Waals surface area contributed by atoms with Crippen LogP contribution in [-0.4, -0.2) is 17.0 Å². The smallest absolute Gasteiger partial charge is 0.306 e. The zero-order valence-corrected chi connectivity index (χ0v) is 14.6. The zero-order valence-electron chi connectivity index (χ0n) is 14.6. The quantitative estimate of drug-likeness (QED) is 0.823. The lowest BCUT2D eigenvalue weighted by Crippen LogP contribution is -2.34. The number of amides is 1. The zero-order chi connectivity index (χ0) is 18.4. The highest BCUT2D eigenvalue weighted by molar-refractivity contribution is 5.79. The number of carbonyl (C=O) groups excluding carboxylic acids is 1. The van der Waals surface area contributed by atoms with Gasteiger partial charge in [0.15, 0.2) is 0 Å². The highest BCUT2D eigenvalue weighted by Gasteiger charge is 2.29. The molecule has 0 heterocycles. The van der Waals surface area contributed by atoms with Gasteiger partial charge in [0.05, 0.1) is 5.92 Å². The molecule has 0 unspecified atom stereocenters. The summed E-state index contributed by atoms with van der Waals surface area (Å²) >= 11 is 0. The molecule has 2 aromatic carbocycles. The van der Waals surface area contributed by atoms with Gasteiger partial charge < -0.3 is 15.2 Å². The number of hydrogen-bond donors (Lipinski definition) is 2. The van der Waals surface area contributed by atoms with Crippen LogP contribution in [0.4, 0.5) is 0 Å². The molecular weight excluding hydrogens is 330 g/mol. The Kier molecular flexibility index (Phi) is 5.89. The van der Waals surface area contributed by atoms with Crippen molar-refractivity contribution in [3.05, 3.63) is 60.2 Å². The van der Waals surface area contributed by atoms with E-state index in [-0.39, 0.29) is 17.7 Å². The lowest BCUT2D eigenvalue weighted by atomic mass is 9.81. The first-order valence-corrected chi connectivity index (χ1v) is 8.94. The van der Waals surface area contributed by atoms with E-state index >= 15 is 0 Å². The van der Waals surface area contributed by atoms with Gasteiger partial charge in [0.25, 0.3) is 0 Å². The predicted octanol–water partition coefficient (Wildman–Crippen LogP) is 3.99. The Balaban J connectivity index is 1.46. The van der Waals surface area contributed by atoms with Crippen molar-refractivity contribution >= 4 is 11.9 Å². The average Bonchev–Trinajstić information content (AvgIpc) is 2.68. The molecular formula is C21H23NO4. The van der Waals surface area contributed by atoms with Crippen LogP contribution in [0.3, 0.4) is 0 Å². The van der Waals surface area contributed by atoms with Gasteiger partial charge in [0.1, 0.15) is 11.5 Å². The Morgan fingerprint density at radius 3 is 2.08 bits per heavy atom. The van der Waals surface area contributed by atoms with Crippen molar-refractivity contribution < 1.29 is 19.4 Å². The van der Waals surface area contributed by atoms with Crippen LogP contribution in [0.5, 0.6) is 11.5 Å². The fourth-order valence-electron chi connectivity index (χ4n) is 3.24. The second kappa shape index (κ2) is 8.52. The molecule has 136 valence electrons. The average molecular weight is 353 g/mol. The Morgan fingerprint density at radius 1 is 0.885 bits per heavy atom. The van der Waals surface area contributed by atoms with Crippen LogP contribution in [0.1, 0.15) is 31.2 Å². The number of benzene rings is 2. The molecule has 0 radical (unpaired) electrons. The van der Waals surface area contributed by atoms with E-state index in [1.165, 1.54) is 0 Å². The Hall–Kier alpha value is -2.82. The number of hydrogen-bond acceptors (Lipinski definition) is 3. The van der Waals surface area contributed by atoms with Gasteiger partial charge in [-0.25, -0.2) is 0 Å². The first-order valence-electron chi connectivity index (χ1n) is 8.94. The molecule has 2 N–H and O–H groups in total. The van der Waals surface area contributed by atoms with Gasteiger partial charge in [-0.1, -0.05) is 30.3 Å². The van der Waals surface area contributed by atoms with E-state index in [0.717, 1.165) is 17.1 Å². The molecule has 0 bridgehead atoms. The summed E-state index contributed by atoms with van der Waals surface area (Å²) in [6, 6.07) is 17.2. The number of nitrogens with one attached hydrogen (secondary N) is 1. The largest absolute Gasteiger partial charge is 0.481 e. The van der Waals surface area contributed by atoms with Crippen LogP contribution >= 0.6 is 0 Å². The number of carbonyl (C=O) groups is 2. The number of aliphatic carboxylic acids is 1. The van der Waals surface area contributed by atoms with E-state index in [2.05, 4.69) is 5.32 Å². The Labute approximate surface area is 153 Å². The minimum Gasteiger partial charge on any atom is -0.481 e. The van der Waals surface area contributed by atoms with E-state index in [0.29, 0.717) is 32.2 Å². The summed E-state index contributed by atoms with van der Waals surface area (Å²) in [5.41, 5.74) is 0.998. The van der Waals surface area contributed by atoms with Crippen molar-refractivity contribution in [3.8, 4) is 11.5 Å². The van der Waals surface area contributed by atoms with Gasteiger partial charge in [0, 0.05) is 12.5 Å². The van der Waals surface area contributed by atoms with Crippen LogP contribution in [0.25, 0.3) is 0 Å². The summed E-state index contributed by atoms with van der Waals surface area (Å²) < 4.78 is 5.75. The highest BCUT2D eigenvalue weighted by atomic mass is 16.5. The molecule has 1 amide bonds. The molecule has 1 saturated carbocycles. The molecule has 0 atom stereocenters. The summed E-state index contributed by atoms with van der Waals surface area (Å²) in [6.07, 6.45) is 2.46. The molecule has 3 rings (SSSR count). The molecule has 26 heavy (non-hydrogen) atoms. The van der Waals surface area contributed by atoms with Gasteiger partial charge in [-0.05, 0) is 55.5 Å². The van der Waals surface area contributed by atoms with Crippen LogP contribution < -0.4 is 10.1 Å². The van der Waals surface area contributed by atoms with Crippen molar-refractivity contribution in [2.24, 2.45) is 11.8 Å². The highest BCUT2D eigenvalue weighted by Crippen LogP contribution is 2.29. The second-order valence-corrected chi connectivity index (χ2v) is 6.66. The van der Waals surface area contributed by atoms with E-state index in [1.807, 2.05) is 54.6 Å². The topological polar surface area (TPSA) is 75.6 Å². The Bertz CT molecular complexity index is 734. The van der Waals surface area contributed by atoms with Gasteiger partial charge in [0.2, 0.25) is 5.91 Å². The summed E-state index contributed by atoms with van der Waals surface area (Å²) in [7, 11) is 0. The fraction of sp³-hybridized carbons (Fsp3) is 0.333. The second-order valence-electron chi connectivity index (χ2n) is 6.66. The monoisotopic (exact) mass is 353 g/mol. The van der Waals surface area contributed by atoms with E-state index < -0.39 is 5.97 Å². The third-order valence-corrected chi connectivity index (χ3v) is 4.82. The van der Waals surface area contributed by atoms with Crippen molar-refractivity contribution in [2.75, 3.05) is 0 Å². The Morgan fingerprint density at radius 2 is 1.46 bits per heavy atom. The third kappa shape index (κ3) is 4.85.